The van der Waals surface area contributed by atoms with Crippen molar-refractivity contribution in [1.82, 2.24) is 29.1 Å². The van der Waals surface area contributed by atoms with E-state index in [1.807, 2.05) is 0 Å². The minimum Gasteiger partial charge on any atom is -0.382 e. The van der Waals surface area contributed by atoms with Crippen molar-refractivity contribution in [3.63, 3.8) is 0 Å². The summed E-state index contributed by atoms with van der Waals surface area (Å²) < 4.78 is 77.9. The maximum atomic E-state index is 12.9. The van der Waals surface area contributed by atoms with Gasteiger partial charge in [-0.15, -0.1) is 5.10 Å². The van der Waals surface area contributed by atoms with Crippen molar-refractivity contribution in [3.05, 3.63) is 51.9 Å². The lowest BCUT2D eigenvalue weighted by atomic mass is 10.2. The van der Waals surface area contributed by atoms with Crippen molar-refractivity contribution in [2.75, 3.05) is 0 Å². The molecule has 15 heteroatoms. The van der Waals surface area contributed by atoms with Gasteiger partial charge in [0, 0.05) is 10.6 Å². The molecule has 1 unspecified atom stereocenters. The fourth-order valence-corrected chi connectivity index (χ4v) is 2.81. The second-order valence-electron chi connectivity index (χ2n) is 6.73. The van der Waals surface area contributed by atoms with Crippen molar-refractivity contribution in [3.8, 4) is 11.4 Å². The molecule has 1 N–H and O–H groups in total. The predicted molar refractivity (Wildman–Crippen MR) is 98.8 cm³/mol. The molecule has 0 aliphatic rings. The number of benzene rings is 1. The molecule has 0 spiro atoms. The summed E-state index contributed by atoms with van der Waals surface area (Å²) in [6.07, 6.45) is -12.3. The molecule has 3 aromatic rings. The molecular formula is C17H15ClF6N6O2. The molecule has 0 fully saturated rings. The SMILES string of the molecule is O=c1n(Cc2ncn(CCC(F)(F)F)n2)nc(-c2ccc(Cl)cc2)n1CC(O)C(F)(F)F. The molecule has 0 aliphatic carbocycles. The van der Waals surface area contributed by atoms with E-state index < -0.39 is 50.2 Å². The van der Waals surface area contributed by atoms with Crippen molar-refractivity contribution < 1.29 is 31.4 Å². The molecule has 32 heavy (non-hydrogen) atoms. The van der Waals surface area contributed by atoms with Gasteiger partial charge in [-0.2, -0.15) is 31.4 Å². The van der Waals surface area contributed by atoms with Crippen LogP contribution < -0.4 is 5.69 Å². The van der Waals surface area contributed by atoms with Crippen LogP contribution in [0.3, 0.4) is 0 Å². The Bertz CT molecular complexity index is 1120. The fraction of sp³-hybridized carbons (Fsp3) is 0.412. The van der Waals surface area contributed by atoms with Gasteiger partial charge in [-0.05, 0) is 24.3 Å². The van der Waals surface area contributed by atoms with E-state index in [0.29, 0.717) is 9.59 Å². The van der Waals surface area contributed by atoms with Gasteiger partial charge < -0.3 is 5.11 Å². The van der Waals surface area contributed by atoms with Gasteiger partial charge >= 0.3 is 18.0 Å². The Kier molecular flexibility index (Phi) is 6.64. The van der Waals surface area contributed by atoms with Crippen LogP contribution in [-0.2, 0) is 19.6 Å². The lowest BCUT2D eigenvalue weighted by molar-refractivity contribution is -0.207. The normalized spacial score (nSPS) is 13.5. The van der Waals surface area contributed by atoms with E-state index in [9.17, 15) is 36.2 Å². The van der Waals surface area contributed by atoms with Crippen LogP contribution in [0, 0.1) is 0 Å². The minimum absolute atomic E-state index is 0.0713. The van der Waals surface area contributed by atoms with Gasteiger partial charge in [-0.25, -0.2) is 14.5 Å². The van der Waals surface area contributed by atoms with Crippen LogP contribution in [0.25, 0.3) is 11.4 Å². The van der Waals surface area contributed by atoms with E-state index in [2.05, 4.69) is 15.2 Å². The first-order valence-electron chi connectivity index (χ1n) is 8.97. The molecule has 0 radical (unpaired) electrons. The average Bonchev–Trinajstić information content (AvgIpc) is 3.26. The molecule has 174 valence electrons. The fourth-order valence-electron chi connectivity index (χ4n) is 2.69. The smallest absolute Gasteiger partial charge is 0.382 e. The van der Waals surface area contributed by atoms with Gasteiger partial charge in [0.25, 0.3) is 0 Å². The van der Waals surface area contributed by atoms with E-state index in [0.717, 1.165) is 15.7 Å². The summed E-state index contributed by atoms with van der Waals surface area (Å²) >= 11 is 5.81. The standard InChI is InChI=1S/C17H15ClF6N6O2/c18-11-3-1-10(2-4-11)14-27-30(15(32)29(14)7-12(31)17(22,23)24)8-13-25-9-28(26-13)6-5-16(19,20)21/h1-4,9,12,31H,5-8H2. The molecule has 1 atom stereocenters. The molecule has 0 saturated heterocycles. The summed E-state index contributed by atoms with van der Waals surface area (Å²) in [5.41, 5.74) is -0.742. The second-order valence-corrected chi connectivity index (χ2v) is 7.16. The van der Waals surface area contributed by atoms with E-state index in [1.54, 1.807) is 0 Å². The number of rotatable bonds is 7. The maximum Gasteiger partial charge on any atom is 0.416 e. The summed E-state index contributed by atoms with van der Waals surface area (Å²) in [7, 11) is 0. The number of halogens is 7. The van der Waals surface area contributed by atoms with Crippen LogP contribution in [-0.4, -0.2) is 52.7 Å². The van der Waals surface area contributed by atoms with Gasteiger partial charge in [-0.3, -0.25) is 9.25 Å². The molecule has 0 bridgehead atoms. The number of aliphatic hydroxyl groups is 1. The molecule has 2 heterocycles. The lowest BCUT2D eigenvalue weighted by Crippen LogP contribution is -2.37. The largest absolute Gasteiger partial charge is 0.416 e. The summed E-state index contributed by atoms with van der Waals surface area (Å²) in [6, 6.07) is 5.73. The summed E-state index contributed by atoms with van der Waals surface area (Å²) in [5.74, 6) is -0.246. The molecule has 1 aromatic carbocycles. The van der Waals surface area contributed by atoms with E-state index in [1.165, 1.54) is 24.3 Å². The van der Waals surface area contributed by atoms with Gasteiger partial charge in [0.05, 0.1) is 19.5 Å². The van der Waals surface area contributed by atoms with Crippen LogP contribution in [0.4, 0.5) is 26.3 Å². The van der Waals surface area contributed by atoms with Crippen molar-refractivity contribution >= 4 is 11.6 Å². The number of alkyl halides is 6. The van der Waals surface area contributed by atoms with E-state index >= 15 is 0 Å². The second kappa shape index (κ2) is 8.94. The van der Waals surface area contributed by atoms with Crippen LogP contribution in [0.15, 0.2) is 35.4 Å². The van der Waals surface area contributed by atoms with Crippen molar-refractivity contribution in [2.24, 2.45) is 0 Å². The number of nitrogens with zero attached hydrogens (tertiary/aromatic N) is 6. The van der Waals surface area contributed by atoms with E-state index in [4.69, 9.17) is 11.6 Å². The first-order valence-corrected chi connectivity index (χ1v) is 9.35. The number of hydrogen-bond acceptors (Lipinski definition) is 5. The van der Waals surface area contributed by atoms with Gasteiger partial charge in [0.2, 0.25) is 0 Å². The third-order valence-electron chi connectivity index (χ3n) is 4.26. The number of aryl methyl sites for hydroxylation is 1. The zero-order valence-corrected chi connectivity index (χ0v) is 16.7. The summed E-state index contributed by atoms with van der Waals surface area (Å²) in [6.45, 7) is -2.02. The molecule has 0 saturated carbocycles. The van der Waals surface area contributed by atoms with Crippen LogP contribution in [0.2, 0.25) is 5.02 Å². The summed E-state index contributed by atoms with van der Waals surface area (Å²) in [5, 5.41) is 17.6. The highest BCUT2D eigenvalue weighted by Gasteiger charge is 2.39. The Morgan fingerprint density at radius 1 is 1.06 bits per heavy atom. The van der Waals surface area contributed by atoms with Crippen LogP contribution in [0.1, 0.15) is 12.2 Å². The topological polar surface area (TPSA) is 90.8 Å². The average molecular weight is 485 g/mol. The quantitative estimate of drug-likeness (QED) is 0.521. The highest BCUT2D eigenvalue weighted by molar-refractivity contribution is 6.30. The Balaban J connectivity index is 1.91. The summed E-state index contributed by atoms with van der Waals surface area (Å²) in [4.78, 5) is 16.5. The highest BCUT2D eigenvalue weighted by atomic mass is 35.5. The zero-order chi connectivity index (χ0) is 23.7. The molecule has 2 aromatic heterocycles. The Morgan fingerprint density at radius 2 is 1.72 bits per heavy atom. The zero-order valence-electron chi connectivity index (χ0n) is 16.0. The van der Waals surface area contributed by atoms with E-state index in [-0.39, 0.29) is 17.2 Å². The first-order chi connectivity index (χ1) is 14.8. The van der Waals surface area contributed by atoms with Crippen molar-refractivity contribution in [2.45, 2.75) is 44.5 Å². The van der Waals surface area contributed by atoms with Crippen LogP contribution >= 0.6 is 11.6 Å². The Labute approximate surface area is 180 Å². The van der Waals surface area contributed by atoms with Gasteiger partial charge in [0.1, 0.15) is 12.9 Å². The molecule has 3 rings (SSSR count). The molecule has 0 aliphatic heterocycles. The minimum atomic E-state index is -4.97. The van der Waals surface area contributed by atoms with Crippen LogP contribution in [0.5, 0.6) is 0 Å². The van der Waals surface area contributed by atoms with Gasteiger partial charge in [0.15, 0.2) is 17.8 Å². The molecule has 8 nitrogen and oxygen atoms in total. The molecular weight excluding hydrogens is 470 g/mol. The van der Waals surface area contributed by atoms with Crippen molar-refractivity contribution in [1.29, 1.82) is 0 Å². The first kappa shape index (κ1) is 23.8. The predicted octanol–water partition coefficient (Wildman–Crippen LogP) is 2.88. The Hall–Kier alpha value is -2.87. The lowest BCUT2D eigenvalue weighted by Gasteiger charge is -2.15. The molecule has 0 amide bonds. The highest BCUT2D eigenvalue weighted by Crippen LogP contribution is 2.24. The monoisotopic (exact) mass is 484 g/mol. The maximum absolute atomic E-state index is 12.9. The number of hydrogen-bond donors (Lipinski definition) is 1. The number of aromatic nitrogens is 6. The Morgan fingerprint density at radius 3 is 2.31 bits per heavy atom. The number of aliphatic hydroxyl groups excluding tert-OH is 1. The third kappa shape index (κ3) is 5.88. The third-order valence-corrected chi connectivity index (χ3v) is 4.51. The van der Waals surface area contributed by atoms with Gasteiger partial charge in [-0.1, -0.05) is 11.6 Å².